The summed E-state index contributed by atoms with van der Waals surface area (Å²) >= 11 is 0. The van der Waals surface area contributed by atoms with E-state index < -0.39 is 11.7 Å². The highest BCUT2D eigenvalue weighted by molar-refractivity contribution is 5.93. The lowest BCUT2D eigenvalue weighted by Gasteiger charge is -2.13. The standard InChI is InChI=1S/C17H12F3N5/c1-10-23-24-16-22-15(21-12-5-3-2-4-6-12)13-8-7-11(17(18,19)20)9-14(13)25(10)16/h2-9H,1H3,(H,21,22,24). The Morgan fingerprint density at radius 1 is 1.00 bits per heavy atom. The number of aryl methyl sites for hydroxylation is 1. The highest BCUT2D eigenvalue weighted by Crippen LogP contribution is 2.34. The van der Waals surface area contributed by atoms with Crippen molar-refractivity contribution in [3.63, 3.8) is 0 Å². The molecular formula is C17H12F3N5. The fourth-order valence-electron chi connectivity index (χ4n) is 2.71. The van der Waals surface area contributed by atoms with Gasteiger partial charge >= 0.3 is 6.18 Å². The maximum absolute atomic E-state index is 13.1. The van der Waals surface area contributed by atoms with Crippen LogP contribution in [0.25, 0.3) is 16.7 Å². The molecule has 0 radical (unpaired) electrons. The molecule has 0 aliphatic carbocycles. The van der Waals surface area contributed by atoms with E-state index in [2.05, 4.69) is 20.5 Å². The zero-order chi connectivity index (χ0) is 17.6. The van der Waals surface area contributed by atoms with E-state index >= 15 is 0 Å². The second kappa shape index (κ2) is 5.44. The fourth-order valence-corrected chi connectivity index (χ4v) is 2.71. The minimum absolute atomic E-state index is 0.239. The molecule has 25 heavy (non-hydrogen) atoms. The van der Waals surface area contributed by atoms with Crippen LogP contribution in [0.3, 0.4) is 0 Å². The Labute approximate surface area is 140 Å². The molecule has 0 spiro atoms. The SMILES string of the molecule is Cc1nnc2nc(Nc3ccccc3)c3ccc(C(F)(F)F)cc3n12. The summed E-state index contributed by atoms with van der Waals surface area (Å²) < 4.78 is 40.9. The van der Waals surface area contributed by atoms with Crippen LogP contribution in [0.4, 0.5) is 24.7 Å². The van der Waals surface area contributed by atoms with Gasteiger partial charge in [0, 0.05) is 11.1 Å². The van der Waals surface area contributed by atoms with Gasteiger partial charge in [-0.05, 0) is 37.3 Å². The van der Waals surface area contributed by atoms with Gasteiger partial charge in [-0.1, -0.05) is 18.2 Å². The van der Waals surface area contributed by atoms with Crippen molar-refractivity contribution < 1.29 is 13.2 Å². The second-order valence-electron chi connectivity index (χ2n) is 5.56. The maximum atomic E-state index is 13.1. The summed E-state index contributed by atoms with van der Waals surface area (Å²) in [4.78, 5) is 4.41. The Morgan fingerprint density at radius 3 is 2.48 bits per heavy atom. The number of alkyl halides is 3. The topological polar surface area (TPSA) is 55.1 Å². The number of benzene rings is 2. The predicted molar refractivity (Wildman–Crippen MR) is 87.8 cm³/mol. The first-order chi connectivity index (χ1) is 11.9. The lowest BCUT2D eigenvalue weighted by Crippen LogP contribution is -2.07. The van der Waals surface area contributed by atoms with Crippen molar-refractivity contribution in [2.24, 2.45) is 0 Å². The zero-order valence-electron chi connectivity index (χ0n) is 13.0. The number of halogens is 3. The predicted octanol–water partition coefficient (Wildman–Crippen LogP) is 4.35. The van der Waals surface area contributed by atoms with E-state index in [0.717, 1.165) is 17.8 Å². The van der Waals surface area contributed by atoms with E-state index in [4.69, 9.17) is 0 Å². The van der Waals surface area contributed by atoms with Gasteiger partial charge in [-0.25, -0.2) is 0 Å². The summed E-state index contributed by atoms with van der Waals surface area (Å²) in [5, 5.41) is 11.6. The fraction of sp³-hybridized carbons (Fsp3) is 0.118. The Hall–Kier alpha value is -3.16. The van der Waals surface area contributed by atoms with Crippen LogP contribution in [0.1, 0.15) is 11.4 Å². The van der Waals surface area contributed by atoms with Crippen LogP contribution in [0.5, 0.6) is 0 Å². The Bertz CT molecular complexity index is 1070. The summed E-state index contributed by atoms with van der Waals surface area (Å²) in [6, 6.07) is 12.8. The van der Waals surface area contributed by atoms with Crippen molar-refractivity contribution in [2.45, 2.75) is 13.1 Å². The van der Waals surface area contributed by atoms with E-state index in [0.29, 0.717) is 22.5 Å². The molecule has 126 valence electrons. The Morgan fingerprint density at radius 2 is 1.76 bits per heavy atom. The summed E-state index contributed by atoms with van der Waals surface area (Å²) in [6.45, 7) is 1.67. The van der Waals surface area contributed by atoms with Gasteiger partial charge in [-0.2, -0.15) is 18.2 Å². The zero-order valence-corrected chi connectivity index (χ0v) is 13.0. The van der Waals surface area contributed by atoms with Gasteiger partial charge in [0.1, 0.15) is 11.6 Å². The number of nitrogens with one attached hydrogen (secondary N) is 1. The molecule has 0 saturated carbocycles. The van der Waals surface area contributed by atoms with Crippen LogP contribution in [0.2, 0.25) is 0 Å². The Kier molecular flexibility index (Phi) is 3.34. The number of aromatic nitrogens is 4. The highest BCUT2D eigenvalue weighted by Gasteiger charge is 2.31. The molecule has 0 aliphatic heterocycles. The average Bonchev–Trinajstić information content (AvgIpc) is 2.96. The van der Waals surface area contributed by atoms with E-state index in [-0.39, 0.29) is 5.78 Å². The van der Waals surface area contributed by atoms with Crippen molar-refractivity contribution in [2.75, 3.05) is 5.32 Å². The van der Waals surface area contributed by atoms with Crippen LogP contribution in [0.15, 0.2) is 48.5 Å². The molecule has 0 unspecified atom stereocenters. The minimum Gasteiger partial charge on any atom is -0.340 e. The van der Waals surface area contributed by atoms with Crippen LogP contribution < -0.4 is 5.32 Å². The Balaban J connectivity index is 1.99. The molecule has 2 aromatic carbocycles. The van der Waals surface area contributed by atoms with Gasteiger partial charge in [0.15, 0.2) is 0 Å². The molecule has 0 saturated heterocycles. The van der Waals surface area contributed by atoms with Crippen molar-refractivity contribution in [3.05, 3.63) is 59.9 Å². The normalized spacial score (nSPS) is 12.0. The number of fused-ring (bicyclic) bond motifs is 3. The van der Waals surface area contributed by atoms with Gasteiger partial charge in [-0.3, -0.25) is 4.40 Å². The lowest BCUT2D eigenvalue weighted by atomic mass is 10.1. The number of para-hydroxylation sites is 1. The van der Waals surface area contributed by atoms with Crippen molar-refractivity contribution in [1.82, 2.24) is 19.6 Å². The van der Waals surface area contributed by atoms with E-state index in [1.807, 2.05) is 30.3 Å². The maximum Gasteiger partial charge on any atom is 0.416 e. The molecule has 5 nitrogen and oxygen atoms in total. The largest absolute Gasteiger partial charge is 0.416 e. The van der Waals surface area contributed by atoms with Crippen LogP contribution in [-0.2, 0) is 6.18 Å². The van der Waals surface area contributed by atoms with Gasteiger partial charge in [0.05, 0.1) is 11.1 Å². The summed E-state index contributed by atoms with van der Waals surface area (Å²) in [7, 11) is 0. The number of anilines is 2. The molecule has 0 bridgehead atoms. The third-order valence-electron chi connectivity index (χ3n) is 3.88. The van der Waals surface area contributed by atoms with Crippen LogP contribution >= 0.6 is 0 Å². The summed E-state index contributed by atoms with van der Waals surface area (Å²) in [5.74, 6) is 1.13. The first-order valence-corrected chi connectivity index (χ1v) is 7.48. The van der Waals surface area contributed by atoms with Crippen LogP contribution in [0, 0.1) is 6.92 Å². The molecule has 2 heterocycles. The van der Waals surface area contributed by atoms with Gasteiger partial charge in [0.2, 0.25) is 0 Å². The molecular weight excluding hydrogens is 331 g/mol. The van der Waals surface area contributed by atoms with E-state index in [1.54, 1.807) is 6.92 Å². The average molecular weight is 343 g/mol. The van der Waals surface area contributed by atoms with E-state index in [9.17, 15) is 13.2 Å². The van der Waals surface area contributed by atoms with Gasteiger partial charge < -0.3 is 5.32 Å². The van der Waals surface area contributed by atoms with Crippen LogP contribution in [-0.4, -0.2) is 19.6 Å². The minimum atomic E-state index is -4.43. The van der Waals surface area contributed by atoms with Crippen molar-refractivity contribution >= 4 is 28.2 Å². The quantitative estimate of drug-likeness (QED) is 0.588. The molecule has 4 rings (SSSR count). The van der Waals surface area contributed by atoms with Gasteiger partial charge in [0.25, 0.3) is 5.78 Å². The molecule has 2 aromatic heterocycles. The molecule has 0 amide bonds. The molecule has 1 N–H and O–H groups in total. The number of nitrogens with zero attached hydrogens (tertiary/aromatic N) is 4. The number of hydrogen-bond acceptors (Lipinski definition) is 4. The lowest BCUT2D eigenvalue weighted by molar-refractivity contribution is -0.137. The van der Waals surface area contributed by atoms with E-state index in [1.165, 1.54) is 10.5 Å². The summed E-state index contributed by atoms with van der Waals surface area (Å²) in [6.07, 6.45) is -4.43. The second-order valence-corrected chi connectivity index (χ2v) is 5.56. The highest BCUT2D eigenvalue weighted by atomic mass is 19.4. The monoisotopic (exact) mass is 343 g/mol. The molecule has 0 atom stereocenters. The molecule has 0 fully saturated rings. The third kappa shape index (κ3) is 2.65. The first-order valence-electron chi connectivity index (χ1n) is 7.48. The molecule has 0 aliphatic rings. The third-order valence-corrected chi connectivity index (χ3v) is 3.88. The molecule has 8 heteroatoms. The van der Waals surface area contributed by atoms with Gasteiger partial charge in [-0.15, -0.1) is 10.2 Å². The number of rotatable bonds is 2. The molecule has 4 aromatic rings. The smallest absolute Gasteiger partial charge is 0.340 e. The number of hydrogen-bond donors (Lipinski definition) is 1. The first kappa shape index (κ1) is 15.4. The summed E-state index contributed by atoms with van der Waals surface area (Å²) in [5.41, 5.74) is 0.392. The van der Waals surface area contributed by atoms with Crippen molar-refractivity contribution in [3.8, 4) is 0 Å². The van der Waals surface area contributed by atoms with Crippen molar-refractivity contribution in [1.29, 1.82) is 0 Å².